The number of aryl methyl sites for hydroxylation is 2. The fourth-order valence-electron chi connectivity index (χ4n) is 2.77. The molecule has 1 aromatic heterocycles. The minimum absolute atomic E-state index is 0.0301. The molecule has 114 valence electrons. The van der Waals surface area contributed by atoms with Crippen LogP contribution in [0.2, 0.25) is 0 Å². The molecule has 0 aliphatic heterocycles. The van der Waals surface area contributed by atoms with Crippen LogP contribution in [0.3, 0.4) is 0 Å². The Balaban J connectivity index is 2.42. The summed E-state index contributed by atoms with van der Waals surface area (Å²) in [6.07, 6.45) is 2.27. The SMILES string of the molecule is Cc1nn(C)c(=O)c(C(=O)NC2(C(=O)O)CCCC2)c1C. The maximum atomic E-state index is 12.4. The number of aromatic nitrogens is 2. The van der Waals surface area contributed by atoms with Crippen molar-refractivity contribution in [2.45, 2.75) is 45.1 Å². The van der Waals surface area contributed by atoms with E-state index in [9.17, 15) is 19.5 Å². The van der Waals surface area contributed by atoms with Gasteiger partial charge in [-0.2, -0.15) is 5.10 Å². The third-order valence-electron chi connectivity index (χ3n) is 4.17. The first-order valence-electron chi connectivity index (χ1n) is 6.89. The van der Waals surface area contributed by atoms with Crippen LogP contribution >= 0.6 is 0 Å². The lowest BCUT2D eigenvalue weighted by molar-refractivity contribution is -0.144. The Morgan fingerprint density at radius 3 is 2.38 bits per heavy atom. The van der Waals surface area contributed by atoms with Gasteiger partial charge in [-0.1, -0.05) is 12.8 Å². The predicted molar refractivity (Wildman–Crippen MR) is 75.3 cm³/mol. The molecule has 1 heterocycles. The number of carbonyl (C=O) groups is 2. The minimum atomic E-state index is -1.26. The van der Waals surface area contributed by atoms with Gasteiger partial charge in [0.25, 0.3) is 11.5 Å². The summed E-state index contributed by atoms with van der Waals surface area (Å²) in [4.78, 5) is 36.0. The Morgan fingerprint density at radius 2 is 1.86 bits per heavy atom. The van der Waals surface area contributed by atoms with E-state index in [-0.39, 0.29) is 5.56 Å². The molecule has 1 amide bonds. The van der Waals surface area contributed by atoms with Gasteiger partial charge in [-0.25, -0.2) is 9.48 Å². The maximum Gasteiger partial charge on any atom is 0.329 e. The van der Waals surface area contributed by atoms with Crippen LogP contribution in [0.5, 0.6) is 0 Å². The van der Waals surface area contributed by atoms with Crippen molar-refractivity contribution in [1.82, 2.24) is 15.1 Å². The highest BCUT2D eigenvalue weighted by molar-refractivity contribution is 5.98. The number of carboxylic acids is 1. The van der Waals surface area contributed by atoms with E-state index in [1.54, 1.807) is 13.8 Å². The third kappa shape index (κ3) is 2.55. The average molecular weight is 293 g/mol. The number of hydrogen-bond donors (Lipinski definition) is 2. The Hall–Kier alpha value is -2.18. The summed E-state index contributed by atoms with van der Waals surface area (Å²) in [7, 11) is 1.47. The van der Waals surface area contributed by atoms with Gasteiger partial charge in [-0.15, -0.1) is 0 Å². The molecule has 0 atom stereocenters. The van der Waals surface area contributed by atoms with Crippen molar-refractivity contribution in [2.24, 2.45) is 7.05 Å². The van der Waals surface area contributed by atoms with Crippen molar-refractivity contribution in [3.05, 3.63) is 27.2 Å². The highest BCUT2D eigenvalue weighted by Gasteiger charge is 2.43. The van der Waals surface area contributed by atoms with E-state index in [0.717, 1.165) is 17.5 Å². The van der Waals surface area contributed by atoms with E-state index in [4.69, 9.17) is 0 Å². The zero-order valence-electron chi connectivity index (χ0n) is 12.4. The standard InChI is InChI=1S/C14H19N3O4/c1-8-9(2)16-17(3)12(19)10(8)11(18)15-14(13(20)21)6-4-5-7-14/h4-7H2,1-3H3,(H,15,18)(H,20,21). The van der Waals surface area contributed by atoms with Gasteiger partial charge in [0.05, 0.1) is 5.69 Å². The molecule has 1 saturated carbocycles. The molecule has 0 saturated heterocycles. The highest BCUT2D eigenvalue weighted by Crippen LogP contribution is 2.30. The molecular formula is C14H19N3O4. The number of carbonyl (C=O) groups excluding carboxylic acids is 1. The Labute approximate surface area is 122 Å². The van der Waals surface area contributed by atoms with Crippen molar-refractivity contribution < 1.29 is 14.7 Å². The first-order valence-corrected chi connectivity index (χ1v) is 6.89. The minimum Gasteiger partial charge on any atom is -0.480 e. The molecule has 1 fully saturated rings. The second kappa shape index (κ2) is 5.31. The second-order valence-corrected chi connectivity index (χ2v) is 5.56. The number of nitrogens with zero attached hydrogens (tertiary/aromatic N) is 2. The van der Waals surface area contributed by atoms with E-state index in [1.165, 1.54) is 7.05 Å². The number of amides is 1. The molecular weight excluding hydrogens is 274 g/mol. The van der Waals surface area contributed by atoms with E-state index in [0.29, 0.717) is 24.1 Å². The fourth-order valence-corrected chi connectivity index (χ4v) is 2.77. The van der Waals surface area contributed by atoms with Crippen molar-refractivity contribution in [2.75, 3.05) is 0 Å². The van der Waals surface area contributed by atoms with Crippen molar-refractivity contribution in [3.63, 3.8) is 0 Å². The first kappa shape index (κ1) is 15.2. The Morgan fingerprint density at radius 1 is 1.29 bits per heavy atom. The summed E-state index contributed by atoms with van der Waals surface area (Å²) >= 11 is 0. The van der Waals surface area contributed by atoms with Crippen molar-refractivity contribution >= 4 is 11.9 Å². The highest BCUT2D eigenvalue weighted by atomic mass is 16.4. The van der Waals surface area contributed by atoms with E-state index < -0.39 is 23.0 Å². The summed E-state index contributed by atoms with van der Waals surface area (Å²) in [6, 6.07) is 0. The molecule has 2 rings (SSSR count). The van der Waals surface area contributed by atoms with Crippen LogP contribution in [0.15, 0.2) is 4.79 Å². The van der Waals surface area contributed by atoms with Crippen LogP contribution in [0, 0.1) is 13.8 Å². The summed E-state index contributed by atoms with van der Waals surface area (Å²) in [5.74, 6) is -1.68. The molecule has 0 unspecified atom stereocenters. The van der Waals surface area contributed by atoms with Gasteiger partial charge in [0.15, 0.2) is 0 Å². The third-order valence-corrected chi connectivity index (χ3v) is 4.17. The molecule has 2 N–H and O–H groups in total. The number of aliphatic carboxylic acids is 1. The summed E-state index contributed by atoms with van der Waals surface area (Å²) < 4.78 is 1.10. The molecule has 0 radical (unpaired) electrons. The zero-order valence-corrected chi connectivity index (χ0v) is 12.4. The van der Waals surface area contributed by atoms with Gasteiger partial charge in [0, 0.05) is 7.05 Å². The van der Waals surface area contributed by atoms with E-state index in [2.05, 4.69) is 10.4 Å². The number of rotatable bonds is 3. The van der Waals surface area contributed by atoms with Crippen molar-refractivity contribution in [1.29, 1.82) is 0 Å². The van der Waals surface area contributed by atoms with Crippen LogP contribution in [0.4, 0.5) is 0 Å². The lowest BCUT2D eigenvalue weighted by Crippen LogP contribution is -2.53. The smallest absolute Gasteiger partial charge is 0.329 e. The van der Waals surface area contributed by atoms with E-state index >= 15 is 0 Å². The maximum absolute atomic E-state index is 12.4. The van der Waals surface area contributed by atoms with Gasteiger partial charge >= 0.3 is 5.97 Å². The normalized spacial score (nSPS) is 16.7. The molecule has 1 aliphatic rings. The first-order chi connectivity index (χ1) is 9.78. The summed E-state index contributed by atoms with van der Waals surface area (Å²) in [5, 5.41) is 16.0. The fraction of sp³-hybridized carbons (Fsp3) is 0.571. The summed E-state index contributed by atoms with van der Waals surface area (Å²) in [6.45, 7) is 3.34. The molecule has 7 nitrogen and oxygen atoms in total. The van der Waals surface area contributed by atoms with Gasteiger partial charge in [-0.3, -0.25) is 9.59 Å². The largest absolute Gasteiger partial charge is 0.480 e. The molecule has 0 spiro atoms. The van der Waals surface area contributed by atoms with Gasteiger partial charge in [0.1, 0.15) is 11.1 Å². The molecule has 21 heavy (non-hydrogen) atoms. The Kier molecular flexibility index (Phi) is 3.85. The number of nitrogens with one attached hydrogen (secondary N) is 1. The van der Waals surface area contributed by atoms with Crippen LogP contribution in [0.25, 0.3) is 0 Å². The van der Waals surface area contributed by atoms with Gasteiger partial charge in [0.2, 0.25) is 0 Å². The number of hydrogen-bond acceptors (Lipinski definition) is 4. The quantitative estimate of drug-likeness (QED) is 0.846. The molecule has 0 bridgehead atoms. The molecule has 1 aromatic rings. The lowest BCUT2D eigenvalue weighted by atomic mass is 9.96. The van der Waals surface area contributed by atoms with Crippen LogP contribution < -0.4 is 10.9 Å². The lowest BCUT2D eigenvalue weighted by Gasteiger charge is -2.25. The number of carboxylic acid groups (broad SMARTS) is 1. The summed E-state index contributed by atoms with van der Waals surface area (Å²) in [5.41, 5.74) is -0.759. The molecule has 7 heteroatoms. The Bertz CT molecular complexity index is 657. The van der Waals surface area contributed by atoms with Crippen LogP contribution in [-0.4, -0.2) is 32.3 Å². The van der Waals surface area contributed by atoms with Gasteiger partial charge in [-0.05, 0) is 32.3 Å². The topological polar surface area (TPSA) is 101 Å². The van der Waals surface area contributed by atoms with Crippen molar-refractivity contribution in [3.8, 4) is 0 Å². The second-order valence-electron chi connectivity index (χ2n) is 5.56. The monoisotopic (exact) mass is 293 g/mol. The molecule has 1 aliphatic carbocycles. The zero-order chi connectivity index (χ0) is 15.8. The van der Waals surface area contributed by atoms with Gasteiger partial charge < -0.3 is 10.4 Å². The van der Waals surface area contributed by atoms with Crippen LogP contribution in [0.1, 0.15) is 47.3 Å². The average Bonchev–Trinajstić information content (AvgIpc) is 2.86. The predicted octanol–water partition coefficient (Wildman–Crippen LogP) is 0.524. The van der Waals surface area contributed by atoms with Crippen LogP contribution in [-0.2, 0) is 11.8 Å². The molecule has 0 aromatic carbocycles. The van der Waals surface area contributed by atoms with E-state index in [1.807, 2.05) is 0 Å².